The van der Waals surface area contributed by atoms with E-state index in [1.54, 1.807) is 31.4 Å². The number of hydrazine groups is 1. The van der Waals surface area contributed by atoms with Gasteiger partial charge in [-0.25, -0.2) is 0 Å². The molecule has 166 valence electrons. The number of para-hydroxylation sites is 1. The van der Waals surface area contributed by atoms with Gasteiger partial charge in [-0.1, -0.05) is 60.3 Å². The van der Waals surface area contributed by atoms with Crippen LogP contribution in [-0.2, 0) is 4.79 Å². The van der Waals surface area contributed by atoms with Crippen LogP contribution in [0.5, 0.6) is 5.75 Å². The second-order valence-corrected chi connectivity index (χ2v) is 7.81. The zero-order valence-corrected chi connectivity index (χ0v) is 18.6. The molecule has 0 atom stereocenters. The highest BCUT2D eigenvalue weighted by Gasteiger charge is 2.18. The maximum atomic E-state index is 12.3. The van der Waals surface area contributed by atoms with Crippen molar-refractivity contribution < 1.29 is 14.3 Å². The third kappa shape index (κ3) is 5.39. The number of amides is 2. The van der Waals surface area contributed by atoms with Crippen molar-refractivity contribution in [3.63, 3.8) is 0 Å². The fourth-order valence-corrected chi connectivity index (χ4v) is 3.83. The molecule has 0 spiro atoms. The van der Waals surface area contributed by atoms with Gasteiger partial charge in [-0.05, 0) is 36.4 Å². The maximum absolute atomic E-state index is 12.3. The van der Waals surface area contributed by atoms with Crippen molar-refractivity contribution >= 4 is 23.6 Å². The van der Waals surface area contributed by atoms with E-state index in [4.69, 9.17) is 4.74 Å². The molecule has 0 fully saturated rings. The summed E-state index contributed by atoms with van der Waals surface area (Å²) in [6.07, 6.45) is 0. The molecular formula is C24H21N5O3S. The van der Waals surface area contributed by atoms with Crippen molar-refractivity contribution in [3.05, 3.63) is 90.5 Å². The summed E-state index contributed by atoms with van der Waals surface area (Å²) in [6, 6.07) is 25.8. The lowest BCUT2D eigenvalue weighted by Crippen LogP contribution is -2.42. The van der Waals surface area contributed by atoms with E-state index in [2.05, 4.69) is 21.0 Å². The van der Waals surface area contributed by atoms with Gasteiger partial charge in [0, 0.05) is 16.8 Å². The van der Waals surface area contributed by atoms with Crippen LogP contribution < -0.4 is 15.6 Å². The summed E-state index contributed by atoms with van der Waals surface area (Å²) >= 11 is 1.22. The number of thioether (sulfide) groups is 1. The quantitative estimate of drug-likeness (QED) is 0.324. The lowest BCUT2D eigenvalue weighted by Gasteiger charge is -2.11. The molecule has 8 nitrogen and oxygen atoms in total. The topological polar surface area (TPSA) is 98.1 Å². The molecule has 33 heavy (non-hydrogen) atoms. The Hall–Kier alpha value is -4.11. The van der Waals surface area contributed by atoms with Crippen LogP contribution in [0.1, 0.15) is 10.4 Å². The second-order valence-electron chi connectivity index (χ2n) is 6.87. The number of carbonyl (C=O) groups is 2. The smallest absolute Gasteiger partial charge is 0.269 e. The molecule has 2 amide bonds. The third-order valence-corrected chi connectivity index (χ3v) is 5.59. The summed E-state index contributed by atoms with van der Waals surface area (Å²) in [4.78, 5) is 24.4. The van der Waals surface area contributed by atoms with Crippen molar-refractivity contribution in [2.75, 3.05) is 12.9 Å². The number of benzene rings is 3. The Kier molecular flexibility index (Phi) is 7.01. The number of aromatic nitrogens is 3. The second kappa shape index (κ2) is 10.5. The molecule has 0 aliphatic carbocycles. The van der Waals surface area contributed by atoms with Crippen molar-refractivity contribution in [3.8, 4) is 22.8 Å². The van der Waals surface area contributed by atoms with E-state index in [1.807, 2.05) is 65.2 Å². The first-order valence-electron chi connectivity index (χ1n) is 10.1. The lowest BCUT2D eigenvalue weighted by molar-refractivity contribution is -0.119. The van der Waals surface area contributed by atoms with Gasteiger partial charge < -0.3 is 4.74 Å². The summed E-state index contributed by atoms with van der Waals surface area (Å²) in [5.74, 6) is 0.618. The van der Waals surface area contributed by atoms with E-state index in [9.17, 15) is 9.59 Å². The molecular weight excluding hydrogens is 438 g/mol. The predicted octanol–water partition coefficient (Wildman–Crippen LogP) is 3.50. The minimum absolute atomic E-state index is 0.0398. The van der Waals surface area contributed by atoms with E-state index < -0.39 is 0 Å². The molecule has 1 heterocycles. The SMILES string of the molecule is COc1cccc(-c2nnc(SCC(=O)NNC(=O)c3ccccc3)n2-c2ccccc2)c1. The summed E-state index contributed by atoms with van der Waals surface area (Å²) in [7, 11) is 1.61. The first-order chi connectivity index (χ1) is 16.2. The summed E-state index contributed by atoms with van der Waals surface area (Å²) in [6.45, 7) is 0. The molecule has 4 aromatic rings. The first-order valence-corrected chi connectivity index (χ1v) is 11.1. The molecule has 2 N–H and O–H groups in total. The van der Waals surface area contributed by atoms with Gasteiger partial charge in [-0.15, -0.1) is 10.2 Å². The van der Waals surface area contributed by atoms with Crippen LogP contribution in [0.25, 0.3) is 17.1 Å². The van der Waals surface area contributed by atoms with Gasteiger partial charge in [0.2, 0.25) is 5.91 Å². The lowest BCUT2D eigenvalue weighted by atomic mass is 10.2. The van der Waals surface area contributed by atoms with Gasteiger partial charge in [0.15, 0.2) is 11.0 Å². The molecule has 1 aromatic heterocycles. The van der Waals surface area contributed by atoms with Gasteiger partial charge in [0.1, 0.15) is 5.75 Å². The van der Waals surface area contributed by atoms with E-state index in [0.717, 1.165) is 11.3 Å². The van der Waals surface area contributed by atoms with E-state index in [0.29, 0.717) is 22.3 Å². The number of ether oxygens (including phenoxy) is 1. The Morgan fingerprint density at radius 3 is 2.36 bits per heavy atom. The zero-order chi connectivity index (χ0) is 23.0. The highest BCUT2D eigenvalue weighted by atomic mass is 32.2. The van der Waals surface area contributed by atoms with Gasteiger partial charge in [0.05, 0.1) is 12.9 Å². The Morgan fingerprint density at radius 1 is 0.909 bits per heavy atom. The van der Waals surface area contributed by atoms with Crippen LogP contribution in [0.15, 0.2) is 90.1 Å². The van der Waals surface area contributed by atoms with Crippen LogP contribution in [0.2, 0.25) is 0 Å². The van der Waals surface area contributed by atoms with E-state index >= 15 is 0 Å². The third-order valence-electron chi connectivity index (χ3n) is 4.66. The molecule has 0 radical (unpaired) electrons. The summed E-state index contributed by atoms with van der Waals surface area (Å²) in [5, 5.41) is 9.22. The minimum atomic E-state index is -0.387. The highest BCUT2D eigenvalue weighted by Crippen LogP contribution is 2.29. The van der Waals surface area contributed by atoms with Gasteiger partial charge in [0.25, 0.3) is 5.91 Å². The summed E-state index contributed by atoms with van der Waals surface area (Å²) in [5.41, 5.74) is 7.00. The Labute approximate surface area is 195 Å². The van der Waals surface area contributed by atoms with Gasteiger partial charge >= 0.3 is 0 Å². The largest absolute Gasteiger partial charge is 0.497 e. The molecule has 9 heteroatoms. The van der Waals surface area contributed by atoms with Crippen molar-refractivity contribution in [2.24, 2.45) is 0 Å². The molecule has 0 saturated heterocycles. The van der Waals surface area contributed by atoms with Gasteiger partial charge in [-0.2, -0.15) is 0 Å². The standard InChI is InChI=1S/C24H21N5O3S/c1-32-20-14-8-11-18(15-20)22-26-28-24(29(22)19-12-6-3-7-13-19)33-16-21(30)25-27-23(31)17-9-4-2-5-10-17/h2-15H,16H2,1H3,(H,25,30)(H,27,31). The number of nitrogens with zero attached hydrogens (tertiary/aromatic N) is 3. The Bertz CT molecular complexity index is 1250. The predicted molar refractivity (Wildman–Crippen MR) is 126 cm³/mol. The van der Waals surface area contributed by atoms with Crippen LogP contribution in [0, 0.1) is 0 Å². The number of rotatable bonds is 7. The number of nitrogens with one attached hydrogen (secondary N) is 2. The fraction of sp³-hybridized carbons (Fsp3) is 0.0833. The van der Waals surface area contributed by atoms with Gasteiger partial charge in [-0.3, -0.25) is 25.0 Å². The first kappa shape index (κ1) is 22.1. The zero-order valence-electron chi connectivity index (χ0n) is 17.8. The van der Waals surface area contributed by atoms with Crippen LogP contribution >= 0.6 is 11.8 Å². The maximum Gasteiger partial charge on any atom is 0.269 e. The van der Waals surface area contributed by atoms with Crippen molar-refractivity contribution in [1.29, 1.82) is 0 Å². The average Bonchev–Trinajstić information content (AvgIpc) is 3.31. The van der Waals surface area contributed by atoms with Crippen molar-refractivity contribution in [2.45, 2.75) is 5.16 Å². The molecule has 0 bridgehead atoms. The summed E-state index contributed by atoms with van der Waals surface area (Å²) < 4.78 is 7.22. The van der Waals surface area contributed by atoms with Crippen LogP contribution in [0.4, 0.5) is 0 Å². The van der Waals surface area contributed by atoms with Crippen molar-refractivity contribution in [1.82, 2.24) is 25.6 Å². The molecule has 0 unspecified atom stereocenters. The van der Waals surface area contributed by atoms with E-state index in [1.165, 1.54) is 11.8 Å². The number of hydrogen-bond donors (Lipinski definition) is 2. The monoisotopic (exact) mass is 459 g/mol. The Morgan fingerprint density at radius 2 is 1.64 bits per heavy atom. The number of hydrogen-bond acceptors (Lipinski definition) is 6. The molecule has 0 saturated carbocycles. The molecule has 0 aliphatic heterocycles. The molecule has 4 rings (SSSR count). The van der Waals surface area contributed by atoms with Crippen LogP contribution in [0.3, 0.4) is 0 Å². The van der Waals surface area contributed by atoms with Crippen LogP contribution in [-0.4, -0.2) is 39.4 Å². The molecule has 0 aliphatic rings. The Balaban J connectivity index is 1.50. The molecule has 3 aromatic carbocycles. The number of carbonyl (C=O) groups excluding carboxylic acids is 2. The van der Waals surface area contributed by atoms with E-state index in [-0.39, 0.29) is 17.6 Å². The highest BCUT2D eigenvalue weighted by molar-refractivity contribution is 7.99. The normalized spacial score (nSPS) is 10.5. The number of methoxy groups -OCH3 is 1. The minimum Gasteiger partial charge on any atom is -0.497 e. The average molecular weight is 460 g/mol. The fourth-order valence-electron chi connectivity index (χ4n) is 3.08.